The summed E-state index contributed by atoms with van der Waals surface area (Å²) in [6.45, 7) is 5.85. The van der Waals surface area contributed by atoms with Crippen molar-refractivity contribution < 1.29 is 4.79 Å². The number of carbonyl (C=O) groups is 1. The van der Waals surface area contributed by atoms with Gasteiger partial charge in [-0.3, -0.25) is 4.79 Å². The van der Waals surface area contributed by atoms with Crippen molar-refractivity contribution in [1.29, 1.82) is 0 Å². The molecular weight excluding hydrogens is 316 g/mol. The molecule has 0 aliphatic carbocycles. The highest BCUT2D eigenvalue weighted by atomic mass is 79.9. The summed E-state index contributed by atoms with van der Waals surface area (Å²) >= 11 is 3.44. The Morgan fingerprint density at radius 1 is 1.35 bits per heavy atom. The van der Waals surface area contributed by atoms with E-state index in [9.17, 15) is 4.79 Å². The quantitative estimate of drug-likeness (QED) is 0.795. The van der Waals surface area contributed by atoms with E-state index in [1.54, 1.807) is 0 Å². The summed E-state index contributed by atoms with van der Waals surface area (Å²) < 4.78 is 1.08. The van der Waals surface area contributed by atoms with Gasteiger partial charge in [0.25, 0.3) is 0 Å². The van der Waals surface area contributed by atoms with E-state index in [-0.39, 0.29) is 5.92 Å². The number of hydrogen-bond donors (Lipinski definition) is 0. The van der Waals surface area contributed by atoms with Gasteiger partial charge in [-0.05, 0) is 50.7 Å². The molecule has 0 radical (unpaired) electrons. The van der Waals surface area contributed by atoms with E-state index in [1.165, 1.54) is 5.56 Å². The minimum Gasteiger partial charge on any atom is -0.338 e. The van der Waals surface area contributed by atoms with Crippen LogP contribution in [0.15, 0.2) is 28.7 Å². The van der Waals surface area contributed by atoms with Crippen molar-refractivity contribution in [1.82, 2.24) is 9.80 Å². The Bertz CT molecular complexity index is 446. The molecule has 1 unspecified atom stereocenters. The Balaban J connectivity index is 1.86. The summed E-state index contributed by atoms with van der Waals surface area (Å²) in [5, 5.41) is 0. The topological polar surface area (TPSA) is 23.6 Å². The van der Waals surface area contributed by atoms with E-state index in [2.05, 4.69) is 46.9 Å². The lowest BCUT2D eigenvalue weighted by Crippen LogP contribution is -2.28. The molecule has 0 spiro atoms. The van der Waals surface area contributed by atoms with Crippen molar-refractivity contribution in [3.8, 4) is 0 Å². The molecule has 3 nitrogen and oxygen atoms in total. The third-order valence-corrected chi connectivity index (χ3v) is 4.62. The number of benzene rings is 1. The van der Waals surface area contributed by atoms with Crippen molar-refractivity contribution in [3.05, 3.63) is 34.3 Å². The molecule has 1 fully saturated rings. The van der Waals surface area contributed by atoms with Crippen LogP contribution < -0.4 is 0 Å². The van der Waals surface area contributed by atoms with Crippen molar-refractivity contribution in [2.75, 3.05) is 26.7 Å². The number of hydrogen-bond acceptors (Lipinski definition) is 2. The first-order valence-electron chi connectivity index (χ1n) is 7.32. The minimum absolute atomic E-state index is 0.222. The Morgan fingerprint density at radius 3 is 2.70 bits per heavy atom. The predicted molar refractivity (Wildman–Crippen MR) is 85.5 cm³/mol. The molecule has 1 aromatic carbocycles. The van der Waals surface area contributed by atoms with Crippen molar-refractivity contribution in [3.63, 3.8) is 0 Å². The average Bonchev–Trinajstić information content (AvgIpc) is 2.80. The molecule has 110 valence electrons. The van der Waals surface area contributed by atoms with Crippen LogP contribution in [0, 0.1) is 5.92 Å². The largest absolute Gasteiger partial charge is 0.338 e. The maximum atomic E-state index is 12.4. The average molecular weight is 339 g/mol. The molecule has 1 heterocycles. The molecule has 0 bridgehead atoms. The number of rotatable bonds is 6. The van der Waals surface area contributed by atoms with Crippen LogP contribution in [-0.4, -0.2) is 42.4 Å². The number of halogens is 1. The van der Waals surface area contributed by atoms with E-state index in [0.29, 0.717) is 5.91 Å². The van der Waals surface area contributed by atoms with Gasteiger partial charge in [-0.1, -0.05) is 35.0 Å². The summed E-state index contributed by atoms with van der Waals surface area (Å²) in [5.74, 6) is 0.553. The highest BCUT2D eigenvalue weighted by Gasteiger charge is 2.31. The Morgan fingerprint density at radius 2 is 2.05 bits per heavy atom. The molecule has 1 aliphatic rings. The highest BCUT2D eigenvalue weighted by Crippen LogP contribution is 2.23. The summed E-state index contributed by atoms with van der Waals surface area (Å²) in [6, 6.07) is 8.22. The third-order valence-electron chi connectivity index (χ3n) is 4.09. The van der Waals surface area contributed by atoms with Gasteiger partial charge < -0.3 is 9.80 Å². The lowest BCUT2D eigenvalue weighted by Gasteiger charge is -2.18. The van der Waals surface area contributed by atoms with E-state index in [1.807, 2.05) is 17.0 Å². The van der Waals surface area contributed by atoms with E-state index in [4.69, 9.17) is 0 Å². The molecule has 2 rings (SSSR count). The van der Waals surface area contributed by atoms with Crippen LogP contribution in [0.4, 0.5) is 0 Å². The van der Waals surface area contributed by atoms with Crippen molar-refractivity contribution >= 4 is 21.8 Å². The second kappa shape index (κ2) is 7.23. The fraction of sp³-hybridized carbons (Fsp3) is 0.562. The van der Waals surface area contributed by atoms with Crippen LogP contribution in [0.5, 0.6) is 0 Å². The Labute approximate surface area is 130 Å². The van der Waals surface area contributed by atoms with Gasteiger partial charge in [0.05, 0.1) is 0 Å². The first-order chi connectivity index (χ1) is 9.60. The summed E-state index contributed by atoms with van der Waals surface area (Å²) in [7, 11) is 2.11. The summed E-state index contributed by atoms with van der Waals surface area (Å²) in [5.41, 5.74) is 1.20. The Hall–Kier alpha value is -0.870. The van der Waals surface area contributed by atoms with Gasteiger partial charge in [0.2, 0.25) is 5.91 Å². The predicted octanol–water partition coefficient (Wildman–Crippen LogP) is 3.14. The van der Waals surface area contributed by atoms with Gasteiger partial charge in [0.15, 0.2) is 0 Å². The summed E-state index contributed by atoms with van der Waals surface area (Å²) in [4.78, 5) is 16.6. The van der Waals surface area contributed by atoms with Gasteiger partial charge in [-0.15, -0.1) is 0 Å². The fourth-order valence-electron chi connectivity index (χ4n) is 2.57. The minimum atomic E-state index is 0.222. The van der Waals surface area contributed by atoms with Gasteiger partial charge in [0.1, 0.15) is 0 Å². The van der Waals surface area contributed by atoms with Gasteiger partial charge in [-0.25, -0.2) is 0 Å². The van der Waals surface area contributed by atoms with Crippen LogP contribution >= 0.6 is 15.9 Å². The number of nitrogens with zero attached hydrogens (tertiary/aromatic N) is 2. The second-order valence-electron chi connectivity index (χ2n) is 5.56. The van der Waals surface area contributed by atoms with E-state index >= 15 is 0 Å². The standard InChI is InChI=1S/C16H23BrN2O/c1-3-18(2)10-8-14-9-11-19(16(14)20)12-13-4-6-15(17)7-5-13/h4-7,14H,3,8-12H2,1-2H3. The molecule has 0 aromatic heterocycles. The smallest absolute Gasteiger partial charge is 0.226 e. The molecule has 20 heavy (non-hydrogen) atoms. The first-order valence-corrected chi connectivity index (χ1v) is 8.11. The Kier molecular flexibility index (Phi) is 5.61. The van der Waals surface area contributed by atoms with Crippen LogP contribution in [-0.2, 0) is 11.3 Å². The molecule has 1 saturated heterocycles. The van der Waals surface area contributed by atoms with Crippen LogP contribution in [0.3, 0.4) is 0 Å². The number of carbonyl (C=O) groups excluding carboxylic acids is 1. The lowest BCUT2D eigenvalue weighted by molar-refractivity contribution is -0.131. The zero-order valence-corrected chi connectivity index (χ0v) is 13.9. The molecule has 1 aromatic rings. The monoisotopic (exact) mass is 338 g/mol. The second-order valence-corrected chi connectivity index (χ2v) is 6.47. The van der Waals surface area contributed by atoms with Crippen LogP contribution in [0.2, 0.25) is 0 Å². The van der Waals surface area contributed by atoms with Crippen molar-refractivity contribution in [2.24, 2.45) is 5.92 Å². The molecular formula is C16H23BrN2O. The molecule has 1 aliphatic heterocycles. The fourth-order valence-corrected chi connectivity index (χ4v) is 2.84. The van der Waals surface area contributed by atoms with Crippen LogP contribution in [0.25, 0.3) is 0 Å². The lowest BCUT2D eigenvalue weighted by atomic mass is 10.0. The van der Waals surface area contributed by atoms with E-state index in [0.717, 1.165) is 43.5 Å². The molecule has 1 atom stereocenters. The third kappa shape index (κ3) is 4.06. The molecule has 0 saturated carbocycles. The zero-order valence-electron chi connectivity index (χ0n) is 12.3. The number of amides is 1. The SMILES string of the molecule is CCN(C)CCC1CCN(Cc2ccc(Br)cc2)C1=O. The zero-order chi connectivity index (χ0) is 14.5. The summed E-state index contributed by atoms with van der Waals surface area (Å²) in [6.07, 6.45) is 1.99. The van der Waals surface area contributed by atoms with Gasteiger partial charge in [0, 0.05) is 23.5 Å². The maximum absolute atomic E-state index is 12.4. The van der Waals surface area contributed by atoms with Crippen LogP contribution in [0.1, 0.15) is 25.3 Å². The first kappa shape index (κ1) is 15.5. The molecule has 1 amide bonds. The molecule has 0 N–H and O–H groups in total. The highest BCUT2D eigenvalue weighted by molar-refractivity contribution is 9.10. The van der Waals surface area contributed by atoms with E-state index < -0.39 is 0 Å². The normalized spacial score (nSPS) is 19.1. The van der Waals surface area contributed by atoms with Gasteiger partial charge in [-0.2, -0.15) is 0 Å². The maximum Gasteiger partial charge on any atom is 0.226 e. The number of likely N-dealkylation sites (tertiary alicyclic amines) is 1. The molecule has 4 heteroatoms. The van der Waals surface area contributed by atoms with Crippen molar-refractivity contribution in [2.45, 2.75) is 26.3 Å². The van der Waals surface area contributed by atoms with Gasteiger partial charge >= 0.3 is 0 Å².